The summed E-state index contributed by atoms with van der Waals surface area (Å²) < 4.78 is 7.92. The number of likely N-dealkylation sites (N-methyl/N-ethyl adjacent to an activating group) is 1. The van der Waals surface area contributed by atoms with E-state index in [2.05, 4.69) is 41.3 Å². The zero-order valence-electron chi connectivity index (χ0n) is 12.7. The molecule has 0 unspecified atom stereocenters. The van der Waals surface area contributed by atoms with Crippen molar-refractivity contribution in [2.24, 2.45) is 0 Å². The maximum Gasteiger partial charge on any atom is 0.105 e. The van der Waals surface area contributed by atoms with Crippen LogP contribution in [-0.4, -0.2) is 40.1 Å². The molecule has 0 fully saturated rings. The Bertz CT molecular complexity index is 581. The van der Waals surface area contributed by atoms with E-state index in [1.165, 1.54) is 11.3 Å². The maximum atomic E-state index is 5.91. The summed E-state index contributed by atoms with van der Waals surface area (Å²) in [6, 6.07) is 10.5. The molecule has 0 radical (unpaired) electrons. The lowest BCUT2D eigenvalue weighted by Gasteiger charge is -2.31. The highest BCUT2D eigenvalue weighted by molar-refractivity contribution is 5.19. The summed E-state index contributed by atoms with van der Waals surface area (Å²) in [6.07, 6.45) is 1.02. The molecule has 0 amide bonds. The Morgan fingerprint density at radius 3 is 2.86 bits per heavy atom. The van der Waals surface area contributed by atoms with Crippen molar-refractivity contribution in [1.82, 2.24) is 19.9 Å². The van der Waals surface area contributed by atoms with E-state index in [1.54, 1.807) is 0 Å². The first kappa shape index (κ1) is 14.2. The molecule has 2 heterocycles. The quantitative estimate of drug-likeness (QED) is 0.843. The monoisotopic (exact) mass is 286 g/mol. The number of benzene rings is 1. The number of aryl methyl sites for hydroxylation is 1. The molecule has 0 spiro atoms. The summed E-state index contributed by atoms with van der Waals surface area (Å²) in [5.74, 6) is 0. The van der Waals surface area contributed by atoms with Gasteiger partial charge in [0.25, 0.3) is 0 Å². The molecule has 1 aliphatic heterocycles. The number of fused-ring (bicyclic) bond motifs is 1. The van der Waals surface area contributed by atoms with Crippen LogP contribution in [0, 0.1) is 0 Å². The molecule has 21 heavy (non-hydrogen) atoms. The molecule has 1 aromatic carbocycles. The normalized spacial score (nSPS) is 18.7. The third-order valence-electron chi connectivity index (χ3n) is 4.10. The van der Waals surface area contributed by atoms with Gasteiger partial charge < -0.3 is 4.74 Å². The van der Waals surface area contributed by atoms with Crippen LogP contribution in [0.1, 0.15) is 29.9 Å². The van der Waals surface area contributed by atoms with Gasteiger partial charge in [0.2, 0.25) is 0 Å². The second-order valence-corrected chi connectivity index (χ2v) is 5.48. The molecule has 5 heteroatoms. The van der Waals surface area contributed by atoms with Crippen molar-refractivity contribution < 1.29 is 4.74 Å². The zero-order chi connectivity index (χ0) is 14.7. The van der Waals surface area contributed by atoms with Crippen LogP contribution in [-0.2, 0) is 24.3 Å². The number of rotatable bonds is 5. The first-order valence-corrected chi connectivity index (χ1v) is 7.53. The van der Waals surface area contributed by atoms with Crippen LogP contribution < -0.4 is 0 Å². The summed E-state index contributed by atoms with van der Waals surface area (Å²) in [7, 11) is 2.13. The molecule has 0 bridgehead atoms. The fourth-order valence-electron chi connectivity index (χ4n) is 2.83. The Morgan fingerprint density at radius 1 is 1.29 bits per heavy atom. The summed E-state index contributed by atoms with van der Waals surface area (Å²) in [4.78, 5) is 2.31. The topological polar surface area (TPSA) is 43.2 Å². The maximum absolute atomic E-state index is 5.91. The van der Waals surface area contributed by atoms with E-state index >= 15 is 0 Å². The molecule has 1 atom stereocenters. The summed E-state index contributed by atoms with van der Waals surface area (Å²) in [5.41, 5.74) is 3.55. The van der Waals surface area contributed by atoms with Gasteiger partial charge in [-0.1, -0.05) is 35.5 Å². The highest BCUT2D eigenvalue weighted by Gasteiger charge is 2.29. The van der Waals surface area contributed by atoms with E-state index in [-0.39, 0.29) is 6.04 Å². The van der Waals surface area contributed by atoms with Gasteiger partial charge in [0.15, 0.2) is 0 Å². The average Bonchev–Trinajstić information content (AvgIpc) is 2.93. The minimum atomic E-state index is 0.206. The molecule has 112 valence electrons. The van der Waals surface area contributed by atoms with E-state index in [4.69, 9.17) is 4.74 Å². The minimum absolute atomic E-state index is 0.206. The third kappa shape index (κ3) is 2.99. The van der Waals surface area contributed by atoms with Crippen molar-refractivity contribution in [3.63, 3.8) is 0 Å². The van der Waals surface area contributed by atoms with E-state index in [9.17, 15) is 0 Å². The average molecular weight is 286 g/mol. The number of nitrogens with zero attached hydrogens (tertiary/aromatic N) is 4. The fourth-order valence-corrected chi connectivity index (χ4v) is 2.83. The molecule has 1 aromatic heterocycles. The van der Waals surface area contributed by atoms with Crippen LogP contribution in [0.15, 0.2) is 30.3 Å². The molecule has 0 aliphatic carbocycles. The van der Waals surface area contributed by atoms with Crippen LogP contribution in [0.4, 0.5) is 0 Å². The smallest absolute Gasteiger partial charge is 0.105 e. The molecule has 1 aliphatic rings. The molecule has 0 N–H and O–H groups in total. The van der Waals surface area contributed by atoms with Crippen molar-refractivity contribution in [3.8, 4) is 0 Å². The third-order valence-corrected chi connectivity index (χ3v) is 4.10. The van der Waals surface area contributed by atoms with Crippen molar-refractivity contribution >= 4 is 0 Å². The predicted octanol–water partition coefficient (Wildman–Crippen LogP) is 2.04. The molecule has 0 saturated heterocycles. The summed E-state index contributed by atoms with van der Waals surface area (Å²) in [6.45, 7) is 5.31. The fraction of sp³-hybridized carbons (Fsp3) is 0.500. The van der Waals surface area contributed by atoms with E-state index < -0.39 is 0 Å². The van der Waals surface area contributed by atoms with Gasteiger partial charge in [-0.25, -0.2) is 4.68 Å². The van der Waals surface area contributed by atoms with Gasteiger partial charge >= 0.3 is 0 Å². The van der Waals surface area contributed by atoms with Crippen molar-refractivity contribution in [1.29, 1.82) is 0 Å². The second-order valence-electron chi connectivity index (χ2n) is 5.48. The molecule has 3 rings (SSSR count). The number of hydrogen-bond donors (Lipinski definition) is 0. The van der Waals surface area contributed by atoms with Crippen molar-refractivity contribution in [3.05, 3.63) is 47.3 Å². The Balaban J connectivity index is 1.66. The van der Waals surface area contributed by atoms with Gasteiger partial charge in [-0.05, 0) is 19.5 Å². The highest BCUT2D eigenvalue weighted by Crippen LogP contribution is 2.27. The van der Waals surface area contributed by atoms with Gasteiger partial charge in [-0.2, -0.15) is 0 Å². The lowest BCUT2D eigenvalue weighted by Crippen LogP contribution is -2.35. The number of aromatic nitrogens is 3. The SMILES string of the molecule is CCn1nnc2c1CCN(C)[C@@H]2COCc1ccccc1. The molecular formula is C16H22N4O. The zero-order valence-corrected chi connectivity index (χ0v) is 12.7. The lowest BCUT2D eigenvalue weighted by molar-refractivity contribution is 0.0536. The van der Waals surface area contributed by atoms with E-state index in [0.717, 1.165) is 25.2 Å². The minimum Gasteiger partial charge on any atom is -0.375 e. The largest absolute Gasteiger partial charge is 0.375 e. The Morgan fingerprint density at radius 2 is 2.10 bits per heavy atom. The second kappa shape index (κ2) is 6.37. The Kier molecular flexibility index (Phi) is 4.31. The Hall–Kier alpha value is -1.72. The van der Waals surface area contributed by atoms with Crippen LogP contribution in [0.5, 0.6) is 0 Å². The Labute approximate surface area is 125 Å². The molecular weight excluding hydrogens is 264 g/mol. The first-order valence-electron chi connectivity index (χ1n) is 7.53. The van der Waals surface area contributed by atoms with E-state index in [1.807, 2.05) is 22.9 Å². The number of hydrogen-bond acceptors (Lipinski definition) is 4. The first-order chi connectivity index (χ1) is 10.3. The highest BCUT2D eigenvalue weighted by atomic mass is 16.5. The van der Waals surface area contributed by atoms with Crippen molar-refractivity contribution in [2.75, 3.05) is 20.2 Å². The van der Waals surface area contributed by atoms with Crippen LogP contribution in [0.25, 0.3) is 0 Å². The van der Waals surface area contributed by atoms with Crippen LogP contribution in [0.3, 0.4) is 0 Å². The van der Waals surface area contributed by atoms with Gasteiger partial charge in [-0.15, -0.1) is 5.10 Å². The van der Waals surface area contributed by atoms with Crippen LogP contribution >= 0.6 is 0 Å². The molecule has 5 nitrogen and oxygen atoms in total. The number of ether oxygens (including phenoxy) is 1. The summed E-state index contributed by atoms with van der Waals surface area (Å²) >= 11 is 0. The molecule has 0 saturated carbocycles. The van der Waals surface area contributed by atoms with Crippen molar-refractivity contribution in [2.45, 2.75) is 32.5 Å². The van der Waals surface area contributed by atoms with Gasteiger partial charge in [-0.3, -0.25) is 4.90 Å². The standard InChI is InChI=1S/C16H22N4O/c1-3-20-14-9-10-19(2)15(16(14)17-18-20)12-21-11-13-7-5-4-6-8-13/h4-8,15H,3,9-12H2,1-2H3/t15-/m1/s1. The van der Waals surface area contributed by atoms with E-state index in [0.29, 0.717) is 13.2 Å². The molecule has 2 aromatic rings. The predicted molar refractivity (Wildman–Crippen MR) is 80.9 cm³/mol. The van der Waals surface area contributed by atoms with Gasteiger partial charge in [0.05, 0.1) is 24.9 Å². The van der Waals surface area contributed by atoms with Gasteiger partial charge in [0, 0.05) is 19.5 Å². The van der Waals surface area contributed by atoms with Gasteiger partial charge in [0.1, 0.15) is 5.69 Å². The summed E-state index contributed by atoms with van der Waals surface area (Å²) in [5, 5.41) is 8.63. The lowest BCUT2D eigenvalue weighted by atomic mass is 10.0. The van der Waals surface area contributed by atoms with Crippen LogP contribution in [0.2, 0.25) is 0 Å².